The summed E-state index contributed by atoms with van der Waals surface area (Å²) in [7, 11) is 0. The van der Waals surface area contributed by atoms with Crippen molar-refractivity contribution in [3.8, 4) is 11.5 Å². The number of piperidine rings is 1. The largest absolute Gasteiger partial charge is 0.507 e. The number of nitrogens with zero attached hydrogens (tertiary/aromatic N) is 1. The van der Waals surface area contributed by atoms with Gasteiger partial charge in [0.25, 0.3) is 0 Å². The highest BCUT2D eigenvalue weighted by Crippen LogP contribution is 2.39. The minimum atomic E-state index is -0.219. The number of hydrogen-bond acceptors (Lipinski definition) is 7. The monoisotopic (exact) mass is 553 g/mol. The van der Waals surface area contributed by atoms with E-state index in [4.69, 9.17) is 14.5 Å². The second kappa shape index (κ2) is 12.6. The Morgan fingerprint density at radius 1 is 0.900 bits per heavy atom. The third-order valence-electron chi connectivity index (χ3n) is 7.92. The number of phenols is 2. The van der Waals surface area contributed by atoms with E-state index in [2.05, 4.69) is 39.2 Å². The lowest BCUT2D eigenvalue weighted by molar-refractivity contribution is -0.315. The van der Waals surface area contributed by atoms with E-state index in [1.165, 1.54) is 0 Å². The minimum Gasteiger partial charge on any atom is -0.507 e. The third kappa shape index (κ3) is 8.01. The van der Waals surface area contributed by atoms with Gasteiger partial charge in [-0.2, -0.15) is 4.89 Å². The number of allylic oxidation sites excluding steroid dienone is 1. The van der Waals surface area contributed by atoms with E-state index in [9.17, 15) is 15.0 Å². The first-order chi connectivity index (χ1) is 18.6. The van der Waals surface area contributed by atoms with E-state index in [1.807, 2.05) is 52.0 Å². The van der Waals surface area contributed by atoms with Crippen LogP contribution in [0.2, 0.25) is 0 Å². The molecule has 0 atom stereocenters. The van der Waals surface area contributed by atoms with Crippen LogP contribution >= 0.6 is 0 Å². The van der Waals surface area contributed by atoms with Gasteiger partial charge in [-0.15, -0.1) is 0 Å². The highest BCUT2D eigenvalue weighted by Gasteiger charge is 2.46. The summed E-state index contributed by atoms with van der Waals surface area (Å²) in [5, 5.41) is 20.0. The molecule has 40 heavy (non-hydrogen) atoms. The maximum atomic E-state index is 12.5. The van der Waals surface area contributed by atoms with Gasteiger partial charge in [0.15, 0.2) is 0 Å². The minimum absolute atomic E-state index is 0.110. The molecule has 1 aliphatic heterocycles. The smallest absolute Gasteiger partial charge is 0.306 e. The molecular formula is C33H47NO6. The SMILES string of the molecule is C=C(Cc1cc(C)c(O)c(C)c1)OOC1CC(C)(C)N(CCOC(=O)CCc2cc(C)c(O)c(C)c2)C(C)(C)C1. The average Bonchev–Trinajstić information content (AvgIpc) is 2.84. The Labute approximate surface area is 239 Å². The molecule has 0 spiro atoms. The number of benzene rings is 2. The second-order valence-electron chi connectivity index (χ2n) is 12.6. The summed E-state index contributed by atoms with van der Waals surface area (Å²) in [6, 6.07) is 7.70. The molecule has 1 saturated heterocycles. The highest BCUT2D eigenvalue weighted by atomic mass is 17.2. The molecule has 2 N–H and O–H groups in total. The lowest BCUT2D eigenvalue weighted by atomic mass is 9.78. The van der Waals surface area contributed by atoms with Crippen molar-refractivity contribution in [1.29, 1.82) is 0 Å². The van der Waals surface area contributed by atoms with Gasteiger partial charge < -0.3 is 19.8 Å². The lowest BCUT2D eigenvalue weighted by Crippen LogP contribution is -2.62. The molecule has 2 aromatic carbocycles. The average molecular weight is 554 g/mol. The number of rotatable bonds is 11. The Kier molecular flexibility index (Phi) is 9.96. The Balaban J connectivity index is 1.47. The second-order valence-corrected chi connectivity index (χ2v) is 12.6. The van der Waals surface area contributed by atoms with Crippen LogP contribution in [0.15, 0.2) is 36.6 Å². The number of esters is 1. The normalized spacial score (nSPS) is 17.0. The summed E-state index contributed by atoms with van der Waals surface area (Å²) in [4.78, 5) is 26.4. The van der Waals surface area contributed by atoms with E-state index >= 15 is 0 Å². The zero-order chi connectivity index (χ0) is 29.8. The van der Waals surface area contributed by atoms with Crippen LogP contribution in [0.25, 0.3) is 0 Å². The van der Waals surface area contributed by atoms with Gasteiger partial charge in [0.05, 0.1) is 0 Å². The van der Waals surface area contributed by atoms with Crippen LogP contribution in [0.4, 0.5) is 0 Å². The van der Waals surface area contributed by atoms with Gasteiger partial charge in [0.1, 0.15) is 30.0 Å². The zero-order valence-corrected chi connectivity index (χ0v) is 25.5. The van der Waals surface area contributed by atoms with Crippen molar-refractivity contribution in [2.45, 2.75) is 105 Å². The quantitative estimate of drug-likeness (QED) is 0.141. The Morgan fingerprint density at radius 2 is 1.38 bits per heavy atom. The van der Waals surface area contributed by atoms with Crippen molar-refractivity contribution in [2.24, 2.45) is 0 Å². The van der Waals surface area contributed by atoms with Gasteiger partial charge in [0, 0.05) is 30.5 Å². The maximum Gasteiger partial charge on any atom is 0.306 e. The van der Waals surface area contributed by atoms with E-state index in [1.54, 1.807) is 0 Å². The fourth-order valence-corrected chi connectivity index (χ4v) is 6.20. The predicted molar refractivity (Wildman–Crippen MR) is 157 cm³/mol. The van der Waals surface area contributed by atoms with Crippen molar-refractivity contribution >= 4 is 5.97 Å². The molecule has 3 rings (SSSR count). The predicted octanol–water partition coefficient (Wildman–Crippen LogP) is 6.53. The van der Waals surface area contributed by atoms with Gasteiger partial charge in [-0.3, -0.25) is 9.69 Å². The molecule has 7 nitrogen and oxygen atoms in total. The summed E-state index contributed by atoms with van der Waals surface area (Å²) in [5.74, 6) is 0.924. The van der Waals surface area contributed by atoms with E-state index in [-0.39, 0.29) is 23.2 Å². The van der Waals surface area contributed by atoms with E-state index < -0.39 is 0 Å². The number of carbonyl (C=O) groups excluding carboxylic acids is 1. The summed E-state index contributed by atoms with van der Waals surface area (Å²) >= 11 is 0. The molecule has 7 heteroatoms. The number of carbonyl (C=O) groups is 1. The van der Waals surface area contributed by atoms with Crippen LogP contribution in [0.5, 0.6) is 11.5 Å². The van der Waals surface area contributed by atoms with E-state index in [0.29, 0.717) is 49.7 Å². The Morgan fingerprint density at radius 3 is 1.88 bits per heavy atom. The highest BCUT2D eigenvalue weighted by molar-refractivity contribution is 5.69. The van der Waals surface area contributed by atoms with Crippen LogP contribution in [0.3, 0.4) is 0 Å². The summed E-state index contributed by atoms with van der Waals surface area (Å²) in [6.45, 7) is 21.2. The van der Waals surface area contributed by atoms with Crippen LogP contribution in [0, 0.1) is 27.7 Å². The molecule has 0 amide bonds. The number of ether oxygens (including phenoxy) is 1. The number of phenolic OH excluding ortho intramolecular Hbond substituents is 2. The first-order valence-corrected chi connectivity index (χ1v) is 14.1. The molecule has 0 bridgehead atoms. The summed E-state index contributed by atoms with van der Waals surface area (Å²) in [5.41, 5.74) is 4.92. The van der Waals surface area contributed by atoms with Gasteiger partial charge in [-0.1, -0.05) is 30.8 Å². The molecular weight excluding hydrogens is 506 g/mol. The van der Waals surface area contributed by atoms with Gasteiger partial charge in [-0.05, 0) is 108 Å². The fourth-order valence-electron chi connectivity index (χ4n) is 6.20. The van der Waals surface area contributed by atoms with Crippen molar-refractivity contribution in [3.05, 3.63) is 70.0 Å². The molecule has 0 aliphatic carbocycles. The molecule has 0 unspecified atom stereocenters. The molecule has 0 aromatic heterocycles. The summed E-state index contributed by atoms with van der Waals surface area (Å²) < 4.78 is 5.61. The number of aryl methyl sites for hydroxylation is 5. The zero-order valence-electron chi connectivity index (χ0n) is 25.5. The molecule has 1 heterocycles. The summed E-state index contributed by atoms with van der Waals surface area (Å²) in [6.07, 6.45) is 2.80. The molecule has 0 saturated carbocycles. The number of aromatic hydroxyl groups is 2. The van der Waals surface area contributed by atoms with Crippen molar-refractivity contribution in [1.82, 2.24) is 4.90 Å². The molecule has 220 valence electrons. The topological polar surface area (TPSA) is 88.5 Å². The van der Waals surface area contributed by atoms with Crippen LogP contribution in [0.1, 0.15) is 80.3 Å². The van der Waals surface area contributed by atoms with Crippen LogP contribution < -0.4 is 0 Å². The third-order valence-corrected chi connectivity index (χ3v) is 7.92. The maximum absolute atomic E-state index is 12.5. The molecule has 2 aromatic rings. The van der Waals surface area contributed by atoms with Gasteiger partial charge in [0.2, 0.25) is 0 Å². The van der Waals surface area contributed by atoms with E-state index in [0.717, 1.165) is 46.2 Å². The molecule has 0 radical (unpaired) electrons. The van der Waals surface area contributed by atoms with Crippen molar-refractivity contribution in [2.75, 3.05) is 13.2 Å². The number of likely N-dealkylation sites (tertiary alicyclic amines) is 1. The van der Waals surface area contributed by atoms with Crippen LogP contribution in [-0.4, -0.2) is 51.4 Å². The molecule has 1 fully saturated rings. The fraction of sp³-hybridized carbons (Fsp3) is 0.545. The lowest BCUT2D eigenvalue weighted by Gasteiger charge is -2.54. The van der Waals surface area contributed by atoms with Gasteiger partial charge in [-0.25, -0.2) is 0 Å². The van der Waals surface area contributed by atoms with Crippen molar-refractivity contribution < 1.29 is 29.5 Å². The first kappa shape index (κ1) is 31.5. The van der Waals surface area contributed by atoms with Crippen LogP contribution in [-0.2, 0) is 32.1 Å². The van der Waals surface area contributed by atoms with Crippen molar-refractivity contribution in [3.63, 3.8) is 0 Å². The Bertz CT molecular complexity index is 1170. The first-order valence-electron chi connectivity index (χ1n) is 14.1. The number of hydrogen-bond donors (Lipinski definition) is 2. The standard InChI is InChI=1S/C33H47NO6/c1-21-14-26(15-22(2)30(21)36)10-11-29(35)38-13-12-34-32(6,7)19-28(20-33(34,8)9)40-39-25(5)18-27-16-23(3)31(37)24(4)17-27/h14-17,28,36-37H,5,10-13,18-20H2,1-4,6-9H3. The van der Waals surface area contributed by atoms with Gasteiger partial charge >= 0.3 is 5.97 Å². The Hall–Kier alpha value is -3.03. The molecule has 1 aliphatic rings.